The van der Waals surface area contributed by atoms with E-state index in [1.165, 1.54) is 6.07 Å². The molecule has 1 atom stereocenters. The topological polar surface area (TPSA) is 79.8 Å². The minimum absolute atomic E-state index is 0.0343. The average Bonchev–Trinajstić information content (AvgIpc) is 2.70. The SMILES string of the molecule is CCOC(=O)C1=C(c2ccccc2)NC(=S)NC1c1ccc(O)c(OCC)c1. The third-order valence-corrected chi connectivity index (χ3v) is 4.47. The van der Waals surface area contributed by atoms with Gasteiger partial charge in [0.05, 0.1) is 30.5 Å². The lowest BCUT2D eigenvalue weighted by Crippen LogP contribution is -2.45. The normalized spacial score (nSPS) is 16.2. The summed E-state index contributed by atoms with van der Waals surface area (Å²) < 4.78 is 10.8. The van der Waals surface area contributed by atoms with Gasteiger partial charge in [0.1, 0.15) is 0 Å². The Hall–Kier alpha value is -3.06. The molecule has 1 aliphatic heterocycles. The van der Waals surface area contributed by atoms with E-state index in [2.05, 4.69) is 10.6 Å². The Labute approximate surface area is 169 Å². The molecule has 2 aromatic rings. The fraction of sp³-hybridized carbons (Fsp3) is 0.238. The highest BCUT2D eigenvalue weighted by Crippen LogP contribution is 2.36. The van der Waals surface area contributed by atoms with Crippen LogP contribution < -0.4 is 15.4 Å². The van der Waals surface area contributed by atoms with Gasteiger partial charge in [-0.1, -0.05) is 36.4 Å². The molecule has 7 heteroatoms. The van der Waals surface area contributed by atoms with Crippen LogP contribution in [0.1, 0.15) is 31.0 Å². The number of aromatic hydroxyl groups is 1. The van der Waals surface area contributed by atoms with E-state index in [1.807, 2.05) is 37.3 Å². The third-order valence-electron chi connectivity index (χ3n) is 4.25. The van der Waals surface area contributed by atoms with Gasteiger partial charge >= 0.3 is 5.97 Å². The molecule has 0 fully saturated rings. The fourth-order valence-electron chi connectivity index (χ4n) is 3.06. The van der Waals surface area contributed by atoms with Gasteiger partial charge in [-0.05, 0) is 49.3 Å². The molecule has 0 radical (unpaired) electrons. The molecule has 3 rings (SSSR count). The molecule has 28 heavy (non-hydrogen) atoms. The molecule has 1 heterocycles. The molecule has 146 valence electrons. The zero-order valence-electron chi connectivity index (χ0n) is 15.7. The summed E-state index contributed by atoms with van der Waals surface area (Å²) in [4.78, 5) is 12.9. The molecule has 1 unspecified atom stereocenters. The van der Waals surface area contributed by atoms with Crippen LogP contribution in [-0.4, -0.2) is 29.4 Å². The second kappa shape index (κ2) is 8.75. The number of rotatable bonds is 6. The van der Waals surface area contributed by atoms with Gasteiger partial charge in [-0.15, -0.1) is 0 Å². The maximum Gasteiger partial charge on any atom is 0.338 e. The highest BCUT2D eigenvalue weighted by Gasteiger charge is 2.33. The van der Waals surface area contributed by atoms with Gasteiger partial charge in [0, 0.05) is 0 Å². The number of phenols is 1. The lowest BCUT2D eigenvalue weighted by Gasteiger charge is -2.31. The Morgan fingerprint density at radius 2 is 1.89 bits per heavy atom. The average molecular weight is 398 g/mol. The Morgan fingerprint density at radius 1 is 1.14 bits per heavy atom. The van der Waals surface area contributed by atoms with Gasteiger partial charge in [-0.2, -0.15) is 0 Å². The van der Waals surface area contributed by atoms with Crippen LogP contribution in [0.3, 0.4) is 0 Å². The molecule has 2 aromatic carbocycles. The number of benzene rings is 2. The van der Waals surface area contributed by atoms with Gasteiger partial charge in [-0.3, -0.25) is 0 Å². The lowest BCUT2D eigenvalue weighted by atomic mass is 9.92. The van der Waals surface area contributed by atoms with Crippen LogP contribution in [0.2, 0.25) is 0 Å². The number of thiocarbonyl (C=S) groups is 1. The van der Waals surface area contributed by atoms with Crippen molar-refractivity contribution < 1.29 is 19.4 Å². The molecule has 1 aliphatic rings. The predicted molar refractivity (Wildman–Crippen MR) is 111 cm³/mol. The van der Waals surface area contributed by atoms with E-state index >= 15 is 0 Å². The fourth-order valence-corrected chi connectivity index (χ4v) is 3.28. The van der Waals surface area contributed by atoms with Crippen molar-refractivity contribution in [3.63, 3.8) is 0 Å². The Balaban J connectivity index is 2.16. The predicted octanol–water partition coefficient (Wildman–Crippen LogP) is 3.28. The van der Waals surface area contributed by atoms with Gasteiger partial charge < -0.3 is 25.2 Å². The van der Waals surface area contributed by atoms with Crippen LogP contribution in [0, 0.1) is 0 Å². The highest BCUT2D eigenvalue weighted by molar-refractivity contribution is 7.80. The maximum absolute atomic E-state index is 12.9. The highest BCUT2D eigenvalue weighted by atomic mass is 32.1. The van der Waals surface area contributed by atoms with E-state index < -0.39 is 12.0 Å². The van der Waals surface area contributed by atoms with Gasteiger partial charge in [-0.25, -0.2) is 4.79 Å². The largest absolute Gasteiger partial charge is 0.504 e. The summed E-state index contributed by atoms with van der Waals surface area (Å²) >= 11 is 5.38. The molecular formula is C21H22N2O4S. The van der Waals surface area contributed by atoms with Crippen molar-refractivity contribution >= 4 is 29.0 Å². The Morgan fingerprint density at radius 3 is 2.57 bits per heavy atom. The van der Waals surface area contributed by atoms with Crippen molar-refractivity contribution in [3.8, 4) is 11.5 Å². The molecule has 3 N–H and O–H groups in total. The number of hydrogen-bond acceptors (Lipinski definition) is 5. The summed E-state index contributed by atoms with van der Waals surface area (Å²) in [5.74, 6) is -0.0670. The van der Waals surface area contributed by atoms with Crippen LogP contribution >= 0.6 is 12.2 Å². The maximum atomic E-state index is 12.9. The first kappa shape index (κ1) is 19.7. The molecule has 0 bridgehead atoms. The van der Waals surface area contributed by atoms with E-state index in [0.29, 0.717) is 28.7 Å². The van der Waals surface area contributed by atoms with Crippen LogP contribution in [0.4, 0.5) is 0 Å². The number of nitrogens with one attached hydrogen (secondary N) is 2. The van der Waals surface area contributed by atoms with Crippen LogP contribution in [0.25, 0.3) is 5.70 Å². The number of phenolic OH excluding ortho intramolecular Hbond substituents is 1. The van der Waals surface area contributed by atoms with Crippen molar-refractivity contribution in [2.75, 3.05) is 13.2 Å². The molecule has 0 saturated carbocycles. The van der Waals surface area contributed by atoms with Crippen molar-refractivity contribution in [1.82, 2.24) is 10.6 Å². The molecule has 0 aliphatic carbocycles. The van der Waals surface area contributed by atoms with Crippen molar-refractivity contribution in [2.24, 2.45) is 0 Å². The second-order valence-corrected chi connectivity index (χ2v) is 6.48. The smallest absolute Gasteiger partial charge is 0.338 e. The van der Waals surface area contributed by atoms with Gasteiger partial charge in [0.2, 0.25) is 0 Å². The summed E-state index contributed by atoms with van der Waals surface area (Å²) in [6.45, 7) is 4.26. The number of hydrogen-bond donors (Lipinski definition) is 3. The molecule has 6 nitrogen and oxygen atoms in total. The first-order valence-electron chi connectivity index (χ1n) is 9.05. The number of ether oxygens (including phenoxy) is 2. The van der Waals surface area contributed by atoms with E-state index in [1.54, 1.807) is 19.1 Å². The summed E-state index contributed by atoms with van der Waals surface area (Å²) in [5, 5.41) is 16.6. The van der Waals surface area contributed by atoms with Crippen LogP contribution in [-0.2, 0) is 9.53 Å². The monoisotopic (exact) mass is 398 g/mol. The second-order valence-electron chi connectivity index (χ2n) is 6.07. The van der Waals surface area contributed by atoms with E-state index in [-0.39, 0.29) is 12.4 Å². The van der Waals surface area contributed by atoms with Crippen LogP contribution in [0.15, 0.2) is 54.1 Å². The minimum atomic E-state index is -0.553. The Bertz CT molecular complexity index is 912. The molecule has 0 saturated heterocycles. The molecule has 0 spiro atoms. The lowest BCUT2D eigenvalue weighted by molar-refractivity contribution is -0.138. The third kappa shape index (κ3) is 4.09. The quantitative estimate of drug-likeness (QED) is 0.509. The minimum Gasteiger partial charge on any atom is -0.504 e. The summed E-state index contributed by atoms with van der Waals surface area (Å²) in [6.07, 6.45) is 0. The van der Waals surface area contributed by atoms with Crippen molar-refractivity contribution in [1.29, 1.82) is 0 Å². The van der Waals surface area contributed by atoms with Crippen LogP contribution in [0.5, 0.6) is 11.5 Å². The first-order chi connectivity index (χ1) is 13.5. The summed E-state index contributed by atoms with van der Waals surface area (Å²) in [7, 11) is 0. The number of esters is 1. The summed E-state index contributed by atoms with van der Waals surface area (Å²) in [5.41, 5.74) is 2.55. The number of carbonyl (C=O) groups is 1. The van der Waals surface area contributed by atoms with E-state index in [9.17, 15) is 9.90 Å². The van der Waals surface area contributed by atoms with Crippen molar-refractivity contribution in [2.45, 2.75) is 19.9 Å². The van der Waals surface area contributed by atoms with Crippen molar-refractivity contribution in [3.05, 3.63) is 65.2 Å². The molecule has 0 amide bonds. The number of carbonyl (C=O) groups excluding carboxylic acids is 1. The molecular weight excluding hydrogens is 376 g/mol. The standard InChI is InChI=1S/C21H22N2O4S/c1-3-26-16-12-14(10-11-15(16)24)19-17(20(25)27-4-2)18(22-21(28)23-19)13-8-6-5-7-9-13/h5-12,19,24H,3-4H2,1-2H3,(H2,22,23,28). The zero-order valence-corrected chi connectivity index (χ0v) is 16.5. The molecule has 0 aromatic heterocycles. The summed E-state index contributed by atoms with van der Waals surface area (Å²) in [6, 6.07) is 13.9. The van der Waals surface area contributed by atoms with E-state index in [0.717, 1.165) is 11.1 Å². The van der Waals surface area contributed by atoms with Gasteiger partial charge in [0.25, 0.3) is 0 Å². The zero-order chi connectivity index (χ0) is 20.1. The van der Waals surface area contributed by atoms with Gasteiger partial charge in [0.15, 0.2) is 16.6 Å². The first-order valence-corrected chi connectivity index (χ1v) is 9.45. The Kier molecular flexibility index (Phi) is 6.16. The van der Waals surface area contributed by atoms with E-state index in [4.69, 9.17) is 21.7 Å².